The third-order valence-corrected chi connectivity index (χ3v) is 4.42. The van der Waals surface area contributed by atoms with E-state index in [2.05, 4.69) is 19.2 Å². The summed E-state index contributed by atoms with van der Waals surface area (Å²) in [6.07, 6.45) is 2.69. The molecule has 0 aliphatic carbocycles. The molecule has 1 aromatic rings. The molecule has 0 aromatic heterocycles. The molecular weight excluding hydrogens is 304 g/mol. The van der Waals surface area contributed by atoms with Crippen LogP contribution >= 0.6 is 0 Å². The average molecular weight is 332 g/mol. The zero-order valence-corrected chi connectivity index (χ0v) is 14.8. The molecule has 1 aliphatic heterocycles. The monoisotopic (exact) mass is 332 g/mol. The summed E-state index contributed by atoms with van der Waals surface area (Å²) < 4.78 is 0. The first kappa shape index (κ1) is 18.5. The second kappa shape index (κ2) is 7.79. The molecule has 0 fully saturated rings. The summed E-state index contributed by atoms with van der Waals surface area (Å²) >= 11 is 0. The molecule has 0 spiro atoms. The van der Waals surface area contributed by atoms with Gasteiger partial charge >= 0.3 is 0 Å². The Morgan fingerprint density at radius 2 is 2.04 bits per heavy atom. The summed E-state index contributed by atoms with van der Waals surface area (Å²) in [7, 11) is 0. The molecule has 1 heterocycles. The first-order chi connectivity index (χ1) is 11.3. The lowest BCUT2D eigenvalue weighted by Gasteiger charge is -2.30. The molecule has 5 heteroatoms. The van der Waals surface area contributed by atoms with Gasteiger partial charge in [0.05, 0.1) is 5.60 Å². The Balaban J connectivity index is 1.92. The molecule has 2 N–H and O–H groups in total. The Kier molecular flexibility index (Phi) is 5.99. The number of fused-ring (bicyclic) bond motifs is 1. The number of hydrogen-bond donors (Lipinski definition) is 2. The van der Waals surface area contributed by atoms with Gasteiger partial charge in [0.25, 0.3) is 0 Å². The van der Waals surface area contributed by atoms with Gasteiger partial charge in [-0.3, -0.25) is 9.59 Å². The van der Waals surface area contributed by atoms with Gasteiger partial charge in [-0.05, 0) is 43.7 Å². The average Bonchev–Trinajstić information content (AvgIpc) is 2.54. The van der Waals surface area contributed by atoms with Crippen molar-refractivity contribution < 1.29 is 14.7 Å². The zero-order valence-electron chi connectivity index (χ0n) is 14.8. The van der Waals surface area contributed by atoms with E-state index in [0.717, 1.165) is 24.1 Å². The standard InChI is InChI=1S/C19H28N2O3/c1-14(2)10-11-19(3,24)13-20-17(22)12-21-16-7-5-4-6-15(16)8-9-18(21)23/h4-7,14,24H,8-13H2,1-3H3,(H,20,22). The van der Waals surface area contributed by atoms with Crippen LogP contribution in [0.25, 0.3) is 0 Å². The van der Waals surface area contributed by atoms with E-state index in [1.165, 1.54) is 4.90 Å². The van der Waals surface area contributed by atoms with Crippen LogP contribution in [0.5, 0.6) is 0 Å². The minimum Gasteiger partial charge on any atom is -0.388 e. The van der Waals surface area contributed by atoms with E-state index in [9.17, 15) is 14.7 Å². The molecule has 1 aromatic carbocycles. The maximum Gasteiger partial charge on any atom is 0.240 e. The molecule has 0 bridgehead atoms. The van der Waals surface area contributed by atoms with Gasteiger partial charge in [-0.2, -0.15) is 0 Å². The summed E-state index contributed by atoms with van der Waals surface area (Å²) in [5.74, 6) is 0.231. The van der Waals surface area contributed by atoms with E-state index in [1.54, 1.807) is 6.92 Å². The molecule has 1 atom stereocenters. The highest BCUT2D eigenvalue weighted by Crippen LogP contribution is 2.27. The van der Waals surface area contributed by atoms with E-state index in [-0.39, 0.29) is 24.9 Å². The minimum atomic E-state index is -0.927. The third kappa shape index (κ3) is 5.06. The predicted octanol–water partition coefficient (Wildman–Crippen LogP) is 2.27. The van der Waals surface area contributed by atoms with Crippen LogP contribution in [-0.2, 0) is 16.0 Å². The lowest BCUT2D eigenvalue weighted by atomic mass is 9.95. The van der Waals surface area contributed by atoms with Crippen molar-refractivity contribution in [3.8, 4) is 0 Å². The number of carbonyl (C=O) groups excluding carboxylic acids is 2. The largest absolute Gasteiger partial charge is 0.388 e. The van der Waals surface area contributed by atoms with Gasteiger partial charge < -0.3 is 15.3 Å². The van der Waals surface area contributed by atoms with E-state index >= 15 is 0 Å². The van der Waals surface area contributed by atoms with Crippen molar-refractivity contribution >= 4 is 17.5 Å². The highest BCUT2D eigenvalue weighted by atomic mass is 16.3. The number of aliphatic hydroxyl groups is 1. The molecule has 24 heavy (non-hydrogen) atoms. The van der Waals surface area contributed by atoms with Crippen LogP contribution < -0.4 is 10.2 Å². The van der Waals surface area contributed by atoms with Crippen molar-refractivity contribution in [1.29, 1.82) is 0 Å². The first-order valence-corrected chi connectivity index (χ1v) is 8.66. The van der Waals surface area contributed by atoms with Crippen LogP contribution in [0.2, 0.25) is 0 Å². The lowest BCUT2D eigenvalue weighted by molar-refractivity contribution is -0.124. The number of hydrogen-bond acceptors (Lipinski definition) is 3. The Hall–Kier alpha value is -1.88. The van der Waals surface area contributed by atoms with Crippen molar-refractivity contribution in [2.24, 2.45) is 5.92 Å². The first-order valence-electron chi connectivity index (χ1n) is 8.66. The summed E-state index contributed by atoms with van der Waals surface area (Å²) in [6.45, 7) is 6.14. The summed E-state index contributed by atoms with van der Waals surface area (Å²) in [4.78, 5) is 25.9. The highest BCUT2D eigenvalue weighted by molar-refractivity contribution is 6.00. The second-order valence-corrected chi connectivity index (χ2v) is 7.31. The Morgan fingerprint density at radius 3 is 2.75 bits per heavy atom. The number of amides is 2. The van der Waals surface area contributed by atoms with Gasteiger partial charge in [0, 0.05) is 18.7 Å². The van der Waals surface area contributed by atoms with Crippen LogP contribution in [0.4, 0.5) is 5.69 Å². The molecule has 0 saturated carbocycles. The summed E-state index contributed by atoms with van der Waals surface area (Å²) in [5, 5.41) is 13.1. The fourth-order valence-electron chi connectivity index (χ4n) is 2.85. The second-order valence-electron chi connectivity index (χ2n) is 7.31. The van der Waals surface area contributed by atoms with Crippen LogP contribution in [0.3, 0.4) is 0 Å². The normalized spacial score (nSPS) is 16.7. The quantitative estimate of drug-likeness (QED) is 0.805. The molecule has 132 valence electrons. The number of rotatable bonds is 7. The van der Waals surface area contributed by atoms with Crippen molar-refractivity contribution in [2.45, 2.75) is 52.1 Å². The molecule has 5 nitrogen and oxygen atoms in total. The Labute approximate surface area is 144 Å². The number of nitrogens with one attached hydrogen (secondary N) is 1. The maximum atomic E-state index is 12.2. The molecule has 1 aliphatic rings. The van der Waals surface area contributed by atoms with E-state index < -0.39 is 5.60 Å². The molecule has 2 amide bonds. The lowest BCUT2D eigenvalue weighted by Crippen LogP contribution is -2.47. The molecule has 2 rings (SSSR count). The van der Waals surface area contributed by atoms with Gasteiger partial charge in [-0.25, -0.2) is 0 Å². The number of benzene rings is 1. The number of carbonyl (C=O) groups is 2. The fraction of sp³-hybridized carbons (Fsp3) is 0.579. The van der Waals surface area contributed by atoms with E-state index in [1.807, 2.05) is 24.3 Å². The Bertz CT molecular complexity index is 596. The van der Waals surface area contributed by atoms with Crippen molar-refractivity contribution in [3.63, 3.8) is 0 Å². The van der Waals surface area contributed by atoms with Crippen molar-refractivity contribution in [2.75, 3.05) is 18.0 Å². The molecule has 0 radical (unpaired) electrons. The molecular formula is C19H28N2O3. The highest BCUT2D eigenvalue weighted by Gasteiger charge is 2.27. The number of aryl methyl sites for hydroxylation is 1. The summed E-state index contributed by atoms with van der Waals surface area (Å²) in [6, 6.07) is 7.68. The van der Waals surface area contributed by atoms with Crippen molar-refractivity contribution in [1.82, 2.24) is 5.32 Å². The topological polar surface area (TPSA) is 69.6 Å². The smallest absolute Gasteiger partial charge is 0.240 e. The predicted molar refractivity (Wildman–Crippen MR) is 94.8 cm³/mol. The maximum absolute atomic E-state index is 12.2. The van der Waals surface area contributed by atoms with Crippen LogP contribution in [0, 0.1) is 5.92 Å². The van der Waals surface area contributed by atoms with Gasteiger partial charge in [0.15, 0.2) is 0 Å². The fourth-order valence-corrected chi connectivity index (χ4v) is 2.85. The SMILES string of the molecule is CC(C)CCC(C)(O)CNC(=O)CN1C(=O)CCc2ccccc21. The number of nitrogens with zero attached hydrogens (tertiary/aromatic N) is 1. The van der Waals surface area contributed by atoms with Gasteiger partial charge in [0.1, 0.15) is 6.54 Å². The molecule has 1 unspecified atom stereocenters. The minimum absolute atomic E-state index is 0.00386. The summed E-state index contributed by atoms with van der Waals surface area (Å²) in [5.41, 5.74) is 0.980. The third-order valence-electron chi connectivity index (χ3n) is 4.42. The van der Waals surface area contributed by atoms with Crippen molar-refractivity contribution in [3.05, 3.63) is 29.8 Å². The zero-order chi connectivity index (χ0) is 17.7. The van der Waals surface area contributed by atoms with Crippen LogP contribution in [0.1, 0.15) is 45.6 Å². The van der Waals surface area contributed by atoms with Gasteiger partial charge in [-0.1, -0.05) is 32.0 Å². The number of para-hydroxylation sites is 1. The Morgan fingerprint density at radius 1 is 1.33 bits per heavy atom. The molecule has 0 saturated heterocycles. The number of anilines is 1. The van der Waals surface area contributed by atoms with E-state index in [0.29, 0.717) is 18.8 Å². The van der Waals surface area contributed by atoms with E-state index in [4.69, 9.17) is 0 Å². The van der Waals surface area contributed by atoms with Crippen LogP contribution in [-0.4, -0.2) is 35.6 Å². The van der Waals surface area contributed by atoms with Crippen LogP contribution in [0.15, 0.2) is 24.3 Å². The van der Waals surface area contributed by atoms with Gasteiger partial charge in [-0.15, -0.1) is 0 Å². The van der Waals surface area contributed by atoms with Gasteiger partial charge in [0.2, 0.25) is 11.8 Å².